The minimum Gasteiger partial charge on any atom is -0.364 e. The van der Waals surface area contributed by atoms with Crippen molar-refractivity contribution in [2.75, 3.05) is 17.7 Å². The Balaban J connectivity index is 1.89. The maximum Gasteiger partial charge on any atom is 0.195 e. The standard InChI is InChI=1S/C17H17N5S/c1-18-17(23)22-16(20-14-10-6-3-7-11-14)12-15(21-22)19-13-8-4-2-5-9-13/h2-12,20H,1H3,(H,18,23)(H,19,21). The van der Waals surface area contributed by atoms with Crippen LogP contribution in [0.2, 0.25) is 0 Å². The van der Waals surface area contributed by atoms with Crippen LogP contribution in [0.25, 0.3) is 0 Å². The van der Waals surface area contributed by atoms with Crippen LogP contribution in [-0.2, 0) is 0 Å². The lowest BCUT2D eigenvalue weighted by molar-refractivity contribution is 0.913. The molecule has 23 heavy (non-hydrogen) atoms. The van der Waals surface area contributed by atoms with Crippen LogP contribution in [0.15, 0.2) is 66.7 Å². The van der Waals surface area contributed by atoms with E-state index in [0.29, 0.717) is 10.9 Å². The van der Waals surface area contributed by atoms with Gasteiger partial charge in [0.1, 0.15) is 5.82 Å². The lowest BCUT2D eigenvalue weighted by Gasteiger charge is -2.09. The zero-order valence-corrected chi connectivity index (χ0v) is 13.5. The van der Waals surface area contributed by atoms with E-state index in [4.69, 9.17) is 12.2 Å². The summed E-state index contributed by atoms with van der Waals surface area (Å²) in [4.78, 5) is 0. The summed E-state index contributed by atoms with van der Waals surface area (Å²) >= 11 is 5.33. The largest absolute Gasteiger partial charge is 0.364 e. The molecule has 0 saturated heterocycles. The van der Waals surface area contributed by atoms with Gasteiger partial charge in [0.15, 0.2) is 10.9 Å². The lowest BCUT2D eigenvalue weighted by Crippen LogP contribution is -2.26. The third kappa shape index (κ3) is 3.67. The van der Waals surface area contributed by atoms with Gasteiger partial charge in [-0.25, -0.2) is 0 Å². The van der Waals surface area contributed by atoms with E-state index in [9.17, 15) is 0 Å². The normalized spacial score (nSPS) is 10.1. The molecule has 0 amide bonds. The molecular weight excluding hydrogens is 306 g/mol. The number of nitrogens with zero attached hydrogens (tertiary/aromatic N) is 2. The highest BCUT2D eigenvalue weighted by Gasteiger charge is 2.11. The Hall–Kier alpha value is -2.86. The van der Waals surface area contributed by atoms with E-state index >= 15 is 0 Å². The van der Waals surface area contributed by atoms with Gasteiger partial charge in [-0.05, 0) is 36.5 Å². The minimum absolute atomic E-state index is 0.518. The predicted molar refractivity (Wildman–Crippen MR) is 98.7 cm³/mol. The van der Waals surface area contributed by atoms with Crippen LogP contribution in [-0.4, -0.2) is 21.9 Å². The van der Waals surface area contributed by atoms with Crippen LogP contribution in [0, 0.1) is 0 Å². The molecule has 0 aliphatic heterocycles. The summed E-state index contributed by atoms with van der Waals surface area (Å²) in [5, 5.41) is 14.6. The summed E-state index contributed by atoms with van der Waals surface area (Å²) in [6.07, 6.45) is 0. The van der Waals surface area contributed by atoms with Crippen molar-refractivity contribution in [3.63, 3.8) is 0 Å². The fourth-order valence-electron chi connectivity index (χ4n) is 2.13. The van der Waals surface area contributed by atoms with Gasteiger partial charge >= 0.3 is 0 Å². The maximum atomic E-state index is 5.33. The van der Waals surface area contributed by atoms with Gasteiger partial charge in [-0.1, -0.05) is 36.4 Å². The molecule has 3 rings (SSSR count). The molecule has 3 aromatic rings. The van der Waals surface area contributed by atoms with Crippen LogP contribution >= 0.6 is 12.2 Å². The van der Waals surface area contributed by atoms with Crippen molar-refractivity contribution in [3.05, 3.63) is 66.7 Å². The first-order valence-electron chi connectivity index (χ1n) is 7.22. The number of benzene rings is 2. The van der Waals surface area contributed by atoms with E-state index in [1.807, 2.05) is 66.7 Å². The molecular formula is C17H17N5S. The van der Waals surface area contributed by atoms with Crippen LogP contribution in [0.5, 0.6) is 0 Å². The molecule has 0 unspecified atom stereocenters. The molecule has 0 aliphatic carbocycles. The first kappa shape index (κ1) is 15.1. The Morgan fingerprint density at radius 2 is 1.48 bits per heavy atom. The molecule has 0 radical (unpaired) electrons. The van der Waals surface area contributed by atoms with Crippen molar-refractivity contribution in [1.82, 2.24) is 15.1 Å². The highest BCUT2D eigenvalue weighted by atomic mass is 32.1. The molecule has 0 spiro atoms. The quantitative estimate of drug-likeness (QED) is 0.639. The molecule has 5 nitrogen and oxygen atoms in total. The predicted octanol–water partition coefficient (Wildman–Crippen LogP) is 3.72. The summed E-state index contributed by atoms with van der Waals surface area (Å²) in [5.74, 6) is 1.50. The summed E-state index contributed by atoms with van der Waals surface area (Å²) < 4.78 is 1.66. The second-order valence-electron chi connectivity index (χ2n) is 4.86. The topological polar surface area (TPSA) is 53.9 Å². The van der Waals surface area contributed by atoms with Crippen molar-refractivity contribution in [2.45, 2.75) is 0 Å². The van der Waals surface area contributed by atoms with E-state index in [1.54, 1.807) is 11.7 Å². The first-order valence-corrected chi connectivity index (χ1v) is 7.63. The third-order valence-electron chi connectivity index (χ3n) is 3.21. The van der Waals surface area contributed by atoms with Crippen molar-refractivity contribution < 1.29 is 0 Å². The molecule has 116 valence electrons. The number of thiocarbonyl (C=S) groups is 1. The molecule has 0 bridgehead atoms. The summed E-state index contributed by atoms with van der Waals surface area (Å²) in [6, 6.07) is 21.7. The fraction of sp³-hybridized carbons (Fsp3) is 0.0588. The minimum atomic E-state index is 0.518. The molecule has 1 heterocycles. The SMILES string of the molecule is CNC(=S)n1nc(Nc2ccccc2)cc1Nc1ccccc1. The van der Waals surface area contributed by atoms with Gasteiger partial charge in [0.25, 0.3) is 0 Å². The number of anilines is 4. The lowest BCUT2D eigenvalue weighted by atomic mass is 10.3. The van der Waals surface area contributed by atoms with Crippen molar-refractivity contribution in [3.8, 4) is 0 Å². The van der Waals surface area contributed by atoms with Crippen LogP contribution in [0.4, 0.5) is 23.0 Å². The Bertz CT molecular complexity index is 783. The van der Waals surface area contributed by atoms with E-state index in [-0.39, 0.29) is 0 Å². The number of nitrogens with one attached hydrogen (secondary N) is 3. The van der Waals surface area contributed by atoms with Crippen molar-refractivity contribution in [2.24, 2.45) is 0 Å². The van der Waals surface area contributed by atoms with Gasteiger partial charge in [-0.3, -0.25) is 0 Å². The molecule has 3 N–H and O–H groups in total. The van der Waals surface area contributed by atoms with E-state index < -0.39 is 0 Å². The Morgan fingerprint density at radius 1 is 0.913 bits per heavy atom. The monoisotopic (exact) mass is 323 g/mol. The highest BCUT2D eigenvalue weighted by molar-refractivity contribution is 7.80. The number of para-hydroxylation sites is 2. The Kier molecular flexibility index (Phi) is 4.54. The van der Waals surface area contributed by atoms with Crippen molar-refractivity contribution in [1.29, 1.82) is 0 Å². The van der Waals surface area contributed by atoms with E-state index in [2.05, 4.69) is 21.0 Å². The second-order valence-corrected chi connectivity index (χ2v) is 5.25. The van der Waals surface area contributed by atoms with E-state index in [0.717, 1.165) is 17.2 Å². The number of hydrogen-bond donors (Lipinski definition) is 3. The average molecular weight is 323 g/mol. The smallest absolute Gasteiger partial charge is 0.195 e. The van der Waals surface area contributed by atoms with E-state index in [1.165, 1.54) is 0 Å². The molecule has 0 fully saturated rings. The van der Waals surface area contributed by atoms with Gasteiger partial charge in [0.05, 0.1) is 0 Å². The Morgan fingerprint density at radius 3 is 2.04 bits per heavy atom. The average Bonchev–Trinajstić information content (AvgIpc) is 2.98. The highest BCUT2D eigenvalue weighted by Crippen LogP contribution is 2.22. The summed E-state index contributed by atoms with van der Waals surface area (Å²) in [7, 11) is 1.78. The third-order valence-corrected chi connectivity index (χ3v) is 3.59. The number of rotatable bonds is 4. The summed E-state index contributed by atoms with van der Waals surface area (Å²) in [5.41, 5.74) is 1.94. The van der Waals surface area contributed by atoms with Gasteiger partial charge in [0.2, 0.25) is 0 Å². The molecule has 0 aliphatic rings. The fourth-order valence-corrected chi connectivity index (χ4v) is 2.27. The van der Waals surface area contributed by atoms with Crippen LogP contribution in [0.1, 0.15) is 0 Å². The Labute approximate surface area is 140 Å². The molecule has 0 atom stereocenters. The van der Waals surface area contributed by atoms with Gasteiger partial charge < -0.3 is 16.0 Å². The van der Waals surface area contributed by atoms with Crippen molar-refractivity contribution >= 4 is 40.3 Å². The van der Waals surface area contributed by atoms with Gasteiger partial charge in [0, 0.05) is 24.5 Å². The second kappa shape index (κ2) is 6.93. The zero-order chi connectivity index (χ0) is 16.1. The molecule has 1 aromatic heterocycles. The maximum absolute atomic E-state index is 5.33. The summed E-state index contributed by atoms with van der Waals surface area (Å²) in [6.45, 7) is 0. The van der Waals surface area contributed by atoms with Gasteiger partial charge in [-0.15, -0.1) is 5.10 Å². The number of hydrogen-bond acceptors (Lipinski definition) is 4. The molecule has 0 saturated carbocycles. The zero-order valence-electron chi connectivity index (χ0n) is 12.7. The molecule has 6 heteroatoms. The number of aromatic nitrogens is 2. The van der Waals surface area contributed by atoms with Crippen LogP contribution < -0.4 is 16.0 Å². The van der Waals surface area contributed by atoms with Crippen LogP contribution in [0.3, 0.4) is 0 Å². The van der Waals surface area contributed by atoms with Gasteiger partial charge in [-0.2, -0.15) is 4.68 Å². The molecule has 2 aromatic carbocycles. The first-order chi connectivity index (χ1) is 11.3.